The summed E-state index contributed by atoms with van der Waals surface area (Å²) in [7, 11) is -4.12. The van der Waals surface area contributed by atoms with E-state index in [1.807, 2.05) is 0 Å². The van der Waals surface area contributed by atoms with Crippen LogP contribution in [0.25, 0.3) is 0 Å². The van der Waals surface area contributed by atoms with Crippen molar-refractivity contribution in [1.82, 2.24) is 4.31 Å². The summed E-state index contributed by atoms with van der Waals surface area (Å²) in [6.07, 6.45) is 0. The summed E-state index contributed by atoms with van der Waals surface area (Å²) < 4.78 is 67.6. The zero-order valence-corrected chi connectivity index (χ0v) is 17.3. The molecule has 3 aromatic carbocycles. The number of carbonyl (C=O) groups is 1. The lowest BCUT2D eigenvalue weighted by atomic mass is 10.2. The third-order valence-electron chi connectivity index (χ3n) is 4.45. The molecule has 3 rings (SSSR count). The van der Waals surface area contributed by atoms with Crippen LogP contribution in [0.1, 0.15) is 11.1 Å². The molecule has 162 valence electrons. The molecule has 0 aromatic heterocycles. The largest absolute Gasteiger partial charge is 0.322 e. The smallest absolute Gasteiger partial charge is 0.243 e. The predicted octanol–water partition coefficient (Wildman–Crippen LogP) is 4.24. The van der Waals surface area contributed by atoms with Crippen LogP contribution in [-0.2, 0) is 21.4 Å². The molecule has 1 amide bonds. The fourth-order valence-electron chi connectivity index (χ4n) is 2.82. The van der Waals surface area contributed by atoms with Gasteiger partial charge in [-0.15, -0.1) is 0 Å². The van der Waals surface area contributed by atoms with E-state index in [0.29, 0.717) is 5.56 Å². The summed E-state index contributed by atoms with van der Waals surface area (Å²) in [6.45, 7) is 0.909. The lowest BCUT2D eigenvalue weighted by Gasteiger charge is -2.22. The SMILES string of the molecule is Cc1ccc(S(=O)(=O)N(CC(=O)Nc2cc(F)ccc2F)Cc2ccc(F)cc2)cc1. The first-order chi connectivity index (χ1) is 14.6. The fourth-order valence-corrected chi connectivity index (χ4v) is 4.21. The van der Waals surface area contributed by atoms with Crippen LogP contribution < -0.4 is 5.32 Å². The number of benzene rings is 3. The maximum atomic E-state index is 13.8. The minimum Gasteiger partial charge on any atom is -0.322 e. The van der Waals surface area contributed by atoms with E-state index in [0.717, 1.165) is 28.1 Å². The molecule has 5 nitrogen and oxygen atoms in total. The van der Waals surface area contributed by atoms with Gasteiger partial charge in [-0.2, -0.15) is 4.31 Å². The summed E-state index contributed by atoms with van der Waals surface area (Å²) in [4.78, 5) is 12.5. The summed E-state index contributed by atoms with van der Waals surface area (Å²) in [6, 6.07) is 13.7. The third-order valence-corrected chi connectivity index (χ3v) is 6.26. The average Bonchev–Trinajstić information content (AvgIpc) is 2.72. The van der Waals surface area contributed by atoms with Crippen molar-refractivity contribution in [2.45, 2.75) is 18.4 Å². The molecule has 0 aliphatic carbocycles. The van der Waals surface area contributed by atoms with E-state index in [1.165, 1.54) is 36.4 Å². The van der Waals surface area contributed by atoms with Gasteiger partial charge in [-0.1, -0.05) is 29.8 Å². The average molecular weight is 448 g/mol. The molecule has 0 spiro atoms. The zero-order chi connectivity index (χ0) is 22.6. The maximum Gasteiger partial charge on any atom is 0.243 e. The standard InChI is InChI=1S/C22H19F3N2O3S/c1-15-2-9-19(10-3-15)31(29,30)27(13-16-4-6-17(23)7-5-16)14-22(28)26-21-12-18(24)8-11-20(21)25/h2-12H,13-14H2,1H3,(H,26,28). The van der Waals surface area contributed by atoms with E-state index < -0.39 is 45.6 Å². The van der Waals surface area contributed by atoms with Crippen LogP contribution in [0.3, 0.4) is 0 Å². The Labute approximate surface area is 178 Å². The van der Waals surface area contributed by atoms with Crippen molar-refractivity contribution in [2.24, 2.45) is 0 Å². The number of sulfonamides is 1. The van der Waals surface area contributed by atoms with Gasteiger partial charge in [-0.05, 0) is 48.9 Å². The van der Waals surface area contributed by atoms with Gasteiger partial charge in [-0.25, -0.2) is 21.6 Å². The normalized spacial score (nSPS) is 11.5. The maximum absolute atomic E-state index is 13.8. The Kier molecular flexibility index (Phi) is 6.77. The highest BCUT2D eigenvalue weighted by Crippen LogP contribution is 2.20. The molecule has 0 saturated heterocycles. The van der Waals surface area contributed by atoms with Gasteiger partial charge in [0, 0.05) is 12.6 Å². The highest BCUT2D eigenvalue weighted by atomic mass is 32.2. The van der Waals surface area contributed by atoms with Crippen LogP contribution in [-0.4, -0.2) is 25.2 Å². The van der Waals surface area contributed by atoms with Crippen LogP contribution in [0.2, 0.25) is 0 Å². The van der Waals surface area contributed by atoms with Crippen molar-refractivity contribution in [1.29, 1.82) is 0 Å². The monoisotopic (exact) mass is 448 g/mol. The predicted molar refractivity (Wildman–Crippen MR) is 110 cm³/mol. The van der Waals surface area contributed by atoms with Gasteiger partial charge in [0.2, 0.25) is 15.9 Å². The number of aryl methyl sites for hydroxylation is 1. The van der Waals surface area contributed by atoms with Crippen LogP contribution in [0.5, 0.6) is 0 Å². The molecule has 0 unspecified atom stereocenters. The number of hydrogen-bond acceptors (Lipinski definition) is 3. The molecular weight excluding hydrogens is 429 g/mol. The molecule has 0 aliphatic heterocycles. The molecular formula is C22H19F3N2O3S. The molecule has 1 N–H and O–H groups in total. The summed E-state index contributed by atoms with van der Waals surface area (Å²) in [5.74, 6) is -2.97. The van der Waals surface area contributed by atoms with Crippen molar-refractivity contribution in [3.05, 3.63) is 95.3 Å². The number of carbonyl (C=O) groups excluding carboxylic acids is 1. The van der Waals surface area contributed by atoms with Crippen LogP contribution in [0.4, 0.5) is 18.9 Å². The highest BCUT2D eigenvalue weighted by molar-refractivity contribution is 7.89. The van der Waals surface area contributed by atoms with Gasteiger partial charge in [0.05, 0.1) is 17.1 Å². The highest BCUT2D eigenvalue weighted by Gasteiger charge is 2.27. The van der Waals surface area contributed by atoms with Gasteiger partial charge in [0.25, 0.3) is 0 Å². The van der Waals surface area contributed by atoms with Gasteiger partial charge in [-0.3, -0.25) is 4.79 Å². The number of nitrogens with one attached hydrogen (secondary N) is 1. The van der Waals surface area contributed by atoms with Gasteiger partial charge < -0.3 is 5.32 Å². The van der Waals surface area contributed by atoms with E-state index in [-0.39, 0.29) is 11.4 Å². The van der Waals surface area contributed by atoms with E-state index in [9.17, 15) is 26.4 Å². The van der Waals surface area contributed by atoms with E-state index in [2.05, 4.69) is 5.32 Å². The lowest BCUT2D eigenvalue weighted by Crippen LogP contribution is -2.37. The van der Waals surface area contributed by atoms with E-state index in [1.54, 1.807) is 19.1 Å². The quantitative estimate of drug-likeness (QED) is 0.588. The summed E-state index contributed by atoms with van der Waals surface area (Å²) in [5, 5.41) is 2.19. The second-order valence-electron chi connectivity index (χ2n) is 6.88. The molecule has 0 saturated carbocycles. The Balaban J connectivity index is 1.89. The number of amides is 1. The van der Waals surface area contributed by atoms with Crippen molar-refractivity contribution in [3.63, 3.8) is 0 Å². The van der Waals surface area contributed by atoms with Crippen molar-refractivity contribution >= 4 is 21.6 Å². The molecule has 0 atom stereocenters. The molecule has 0 aliphatic rings. The zero-order valence-electron chi connectivity index (χ0n) is 16.5. The molecule has 0 radical (unpaired) electrons. The molecule has 0 fully saturated rings. The summed E-state index contributed by atoms with van der Waals surface area (Å²) in [5.41, 5.74) is 0.893. The number of anilines is 1. The number of rotatable bonds is 7. The number of halogens is 3. The number of hydrogen-bond donors (Lipinski definition) is 1. The molecule has 31 heavy (non-hydrogen) atoms. The van der Waals surface area contributed by atoms with E-state index in [4.69, 9.17) is 0 Å². The Morgan fingerprint density at radius 3 is 2.16 bits per heavy atom. The molecule has 9 heteroatoms. The number of nitrogens with zero attached hydrogens (tertiary/aromatic N) is 1. The first-order valence-corrected chi connectivity index (χ1v) is 10.7. The second kappa shape index (κ2) is 9.32. The summed E-state index contributed by atoms with van der Waals surface area (Å²) >= 11 is 0. The van der Waals surface area contributed by atoms with Crippen LogP contribution >= 0.6 is 0 Å². The van der Waals surface area contributed by atoms with Gasteiger partial charge in [0.1, 0.15) is 17.5 Å². The molecule has 0 bridgehead atoms. The Hall–Kier alpha value is -3.17. The topological polar surface area (TPSA) is 66.5 Å². The molecule has 0 heterocycles. The second-order valence-corrected chi connectivity index (χ2v) is 8.82. The van der Waals surface area contributed by atoms with Crippen LogP contribution in [0.15, 0.2) is 71.6 Å². The van der Waals surface area contributed by atoms with Crippen LogP contribution in [0, 0.1) is 24.4 Å². The molecule has 3 aromatic rings. The van der Waals surface area contributed by atoms with Crippen molar-refractivity contribution in [2.75, 3.05) is 11.9 Å². The van der Waals surface area contributed by atoms with E-state index >= 15 is 0 Å². The van der Waals surface area contributed by atoms with Gasteiger partial charge in [0.15, 0.2) is 0 Å². The third kappa shape index (κ3) is 5.71. The first kappa shape index (κ1) is 22.5. The van der Waals surface area contributed by atoms with Gasteiger partial charge >= 0.3 is 0 Å². The minimum absolute atomic E-state index is 0.0371. The Bertz CT molecular complexity index is 1180. The van der Waals surface area contributed by atoms with Crippen molar-refractivity contribution < 1.29 is 26.4 Å². The lowest BCUT2D eigenvalue weighted by molar-refractivity contribution is -0.116. The fraction of sp³-hybridized carbons (Fsp3) is 0.136. The Morgan fingerprint density at radius 1 is 0.903 bits per heavy atom. The first-order valence-electron chi connectivity index (χ1n) is 9.21. The minimum atomic E-state index is -4.12. The van der Waals surface area contributed by atoms with Crippen molar-refractivity contribution in [3.8, 4) is 0 Å². The Morgan fingerprint density at radius 2 is 1.52 bits per heavy atom.